The van der Waals surface area contributed by atoms with Gasteiger partial charge in [0.25, 0.3) is 0 Å². The topological polar surface area (TPSA) is 26.3 Å². The van der Waals surface area contributed by atoms with Crippen LogP contribution in [0.1, 0.15) is 16.8 Å². The van der Waals surface area contributed by atoms with Gasteiger partial charge < -0.3 is 4.74 Å². The van der Waals surface area contributed by atoms with E-state index in [9.17, 15) is 9.18 Å². The number of halogens is 2. The van der Waals surface area contributed by atoms with E-state index >= 15 is 0 Å². The van der Waals surface area contributed by atoms with Crippen LogP contribution in [0.2, 0.25) is 5.02 Å². The van der Waals surface area contributed by atoms with Crippen molar-refractivity contribution in [1.29, 1.82) is 0 Å². The molecule has 4 heteroatoms. The van der Waals surface area contributed by atoms with E-state index in [-0.39, 0.29) is 16.7 Å². The van der Waals surface area contributed by atoms with Crippen LogP contribution < -0.4 is 0 Å². The van der Waals surface area contributed by atoms with Crippen molar-refractivity contribution >= 4 is 17.4 Å². The second-order valence-corrected chi connectivity index (χ2v) is 3.96. The van der Waals surface area contributed by atoms with Crippen LogP contribution >= 0.6 is 11.6 Å². The quantitative estimate of drug-likeness (QED) is 0.728. The van der Waals surface area contributed by atoms with Crippen LogP contribution in [0.3, 0.4) is 0 Å². The molecule has 1 aliphatic rings. The summed E-state index contributed by atoms with van der Waals surface area (Å²) >= 11 is 5.80. The number of Topliss-reactive ketones (excluding diaryl/α,β-unsaturated/α-hetero) is 1. The molecule has 80 valence electrons. The minimum absolute atomic E-state index is 0.0579. The van der Waals surface area contributed by atoms with Crippen LogP contribution in [0, 0.1) is 11.7 Å². The zero-order valence-electron chi connectivity index (χ0n) is 8.00. The Hall–Kier alpha value is -0.930. The third kappa shape index (κ3) is 2.19. The first-order chi connectivity index (χ1) is 7.18. The SMILES string of the molecule is O=C(c1ccc(F)cc1Cl)C1CCOC1. The van der Waals surface area contributed by atoms with Gasteiger partial charge in [-0.2, -0.15) is 0 Å². The van der Waals surface area contributed by atoms with Crippen molar-refractivity contribution < 1.29 is 13.9 Å². The van der Waals surface area contributed by atoms with E-state index in [1.54, 1.807) is 0 Å². The molecule has 2 rings (SSSR count). The summed E-state index contributed by atoms with van der Waals surface area (Å²) < 4.78 is 17.9. The molecule has 0 spiro atoms. The van der Waals surface area contributed by atoms with Gasteiger partial charge in [-0.15, -0.1) is 0 Å². The number of carbonyl (C=O) groups is 1. The highest BCUT2D eigenvalue weighted by molar-refractivity contribution is 6.34. The molecule has 0 radical (unpaired) electrons. The van der Waals surface area contributed by atoms with Gasteiger partial charge in [-0.05, 0) is 24.6 Å². The molecule has 1 aliphatic heterocycles. The molecule has 1 atom stereocenters. The lowest BCUT2D eigenvalue weighted by Crippen LogP contribution is -2.15. The normalized spacial score (nSPS) is 20.5. The first-order valence-electron chi connectivity index (χ1n) is 4.75. The fourth-order valence-electron chi connectivity index (χ4n) is 1.65. The zero-order chi connectivity index (χ0) is 10.8. The summed E-state index contributed by atoms with van der Waals surface area (Å²) in [5, 5.41) is 0.173. The Kier molecular flexibility index (Phi) is 3.03. The smallest absolute Gasteiger partial charge is 0.169 e. The predicted octanol–water partition coefficient (Wildman–Crippen LogP) is 2.70. The van der Waals surface area contributed by atoms with Crippen molar-refractivity contribution in [2.24, 2.45) is 5.92 Å². The zero-order valence-corrected chi connectivity index (χ0v) is 8.76. The molecular formula is C11H10ClFO2. The predicted molar refractivity (Wildman–Crippen MR) is 54.7 cm³/mol. The van der Waals surface area contributed by atoms with Crippen molar-refractivity contribution in [3.05, 3.63) is 34.6 Å². The van der Waals surface area contributed by atoms with Crippen molar-refractivity contribution in [2.75, 3.05) is 13.2 Å². The maximum absolute atomic E-state index is 12.8. The summed E-state index contributed by atoms with van der Waals surface area (Å²) in [6.45, 7) is 1.04. The van der Waals surface area contributed by atoms with Gasteiger partial charge in [0.15, 0.2) is 5.78 Å². The summed E-state index contributed by atoms with van der Waals surface area (Å²) in [7, 11) is 0. The monoisotopic (exact) mass is 228 g/mol. The van der Waals surface area contributed by atoms with Gasteiger partial charge in [0.05, 0.1) is 11.6 Å². The molecule has 2 nitrogen and oxygen atoms in total. The fourth-order valence-corrected chi connectivity index (χ4v) is 1.91. The van der Waals surface area contributed by atoms with E-state index in [4.69, 9.17) is 16.3 Å². The number of carbonyl (C=O) groups excluding carboxylic acids is 1. The number of benzene rings is 1. The van der Waals surface area contributed by atoms with Crippen molar-refractivity contribution in [1.82, 2.24) is 0 Å². The van der Waals surface area contributed by atoms with E-state index in [2.05, 4.69) is 0 Å². The second-order valence-electron chi connectivity index (χ2n) is 3.55. The molecule has 0 amide bonds. The minimum atomic E-state index is -0.431. The fraction of sp³-hybridized carbons (Fsp3) is 0.364. The molecule has 0 aliphatic carbocycles. The summed E-state index contributed by atoms with van der Waals surface area (Å²) in [4.78, 5) is 11.9. The van der Waals surface area contributed by atoms with E-state index in [0.717, 1.165) is 6.07 Å². The van der Waals surface area contributed by atoms with Gasteiger partial charge >= 0.3 is 0 Å². The van der Waals surface area contributed by atoms with Crippen LogP contribution in [-0.4, -0.2) is 19.0 Å². The third-order valence-corrected chi connectivity index (χ3v) is 2.81. The van der Waals surface area contributed by atoms with Gasteiger partial charge in [0, 0.05) is 18.1 Å². The van der Waals surface area contributed by atoms with E-state index in [1.807, 2.05) is 0 Å². The molecule has 1 fully saturated rings. The van der Waals surface area contributed by atoms with Crippen LogP contribution in [0.5, 0.6) is 0 Å². The van der Waals surface area contributed by atoms with Crippen molar-refractivity contribution in [2.45, 2.75) is 6.42 Å². The van der Waals surface area contributed by atoms with E-state index in [1.165, 1.54) is 12.1 Å². The summed E-state index contributed by atoms with van der Waals surface area (Å²) in [6.07, 6.45) is 0.715. The summed E-state index contributed by atoms with van der Waals surface area (Å²) in [5.41, 5.74) is 0.383. The molecule has 0 aromatic heterocycles. The summed E-state index contributed by atoms with van der Waals surface area (Å²) in [5.74, 6) is -0.621. The molecule has 15 heavy (non-hydrogen) atoms. The van der Waals surface area contributed by atoms with Gasteiger partial charge in [-0.3, -0.25) is 4.79 Å². The first kappa shape index (κ1) is 10.6. The summed E-state index contributed by atoms with van der Waals surface area (Å²) in [6, 6.07) is 3.83. The van der Waals surface area contributed by atoms with Crippen LogP contribution in [0.15, 0.2) is 18.2 Å². The van der Waals surface area contributed by atoms with Gasteiger partial charge in [0.2, 0.25) is 0 Å². The van der Waals surface area contributed by atoms with E-state index in [0.29, 0.717) is 25.2 Å². The highest BCUT2D eigenvalue weighted by Gasteiger charge is 2.26. The molecule has 0 bridgehead atoms. The molecule has 0 saturated carbocycles. The first-order valence-corrected chi connectivity index (χ1v) is 5.13. The largest absolute Gasteiger partial charge is 0.381 e. The van der Waals surface area contributed by atoms with Crippen LogP contribution in [0.4, 0.5) is 4.39 Å². The Morgan fingerprint density at radius 3 is 2.93 bits per heavy atom. The average molecular weight is 229 g/mol. The maximum atomic E-state index is 12.8. The van der Waals surface area contributed by atoms with Gasteiger partial charge in [0.1, 0.15) is 5.82 Å². The second kappa shape index (κ2) is 4.29. The highest BCUT2D eigenvalue weighted by atomic mass is 35.5. The Morgan fingerprint density at radius 2 is 2.33 bits per heavy atom. The Morgan fingerprint density at radius 1 is 1.53 bits per heavy atom. The number of hydrogen-bond acceptors (Lipinski definition) is 2. The molecule has 1 heterocycles. The standard InChI is InChI=1S/C11H10ClFO2/c12-10-5-8(13)1-2-9(10)11(14)7-3-4-15-6-7/h1-2,5,7H,3-4,6H2. The Labute approximate surface area is 92.0 Å². The number of hydrogen-bond donors (Lipinski definition) is 0. The Balaban J connectivity index is 2.24. The number of ketones is 1. The molecule has 1 aromatic rings. The lowest BCUT2D eigenvalue weighted by molar-refractivity contribution is 0.0900. The molecule has 1 aromatic carbocycles. The molecule has 1 unspecified atom stereocenters. The number of rotatable bonds is 2. The highest BCUT2D eigenvalue weighted by Crippen LogP contribution is 2.24. The molecular weight excluding hydrogens is 219 g/mol. The number of ether oxygens (including phenoxy) is 1. The van der Waals surface area contributed by atoms with Gasteiger partial charge in [-0.1, -0.05) is 11.6 Å². The molecule has 1 saturated heterocycles. The van der Waals surface area contributed by atoms with Crippen LogP contribution in [0.25, 0.3) is 0 Å². The lowest BCUT2D eigenvalue weighted by Gasteiger charge is -2.07. The molecule has 0 N–H and O–H groups in total. The van der Waals surface area contributed by atoms with Crippen molar-refractivity contribution in [3.63, 3.8) is 0 Å². The van der Waals surface area contributed by atoms with Crippen LogP contribution in [-0.2, 0) is 4.74 Å². The van der Waals surface area contributed by atoms with Gasteiger partial charge in [-0.25, -0.2) is 4.39 Å². The third-order valence-electron chi connectivity index (χ3n) is 2.50. The average Bonchev–Trinajstić information content (AvgIpc) is 2.69. The van der Waals surface area contributed by atoms with Crippen molar-refractivity contribution in [3.8, 4) is 0 Å². The van der Waals surface area contributed by atoms with E-state index < -0.39 is 5.82 Å². The lowest BCUT2D eigenvalue weighted by atomic mass is 9.97. The maximum Gasteiger partial charge on any atom is 0.169 e. The minimum Gasteiger partial charge on any atom is -0.381 e. The Bertz CT molecular complexity index is 386.